The number of anilines is 2. The van der Waals surface area contributed by atoms with Crippen LogP contribution in [-0.4, -0.2) is 84.8 Å². The third kappa shape index (κ3) is 9.33. The van der Waals surface area contributed by atoms with Gasteiger partial charge in [0.25, 0.3) is 0 Å². The average Bonchev–Trinajstić information content (AvgIpc) is 3.03. The van der Waals surface area contributed by atoms with Crippen LogP contribution in [0.2, 0.25) is 10.0 Å². The minimum Gasteiger partial charge on any atom is -0.504 e. The van der Waals surface area contributed by atoms with Gasteiger partial charge >= 0.3 is 0 Å². The molecule has 0 saturated carbocycles. The zero-order valence-corrected chi connectivity index (χ0v) is 29.9. The molecule has 6 nitrogen and oxygen atoms in total. The van der Waals surface area contributed by atoms with Crippen LogP contribution in [0.3, 0.4) is 0 Å². The van der Waals surface area contributed by atoms with Crippen LogP contribution in [0.1, 0.15) is 29.3 Å². The van der Waals surface area contributed by atoms with Gasteiger partial charge in [-0.25, -0.2) is 0 Å². The lowest BCUT2D eigenvalue weighted by atomic mass is 10.0. The first-order chi connectivity index (χ1) is 21.8. The molecule has 3 aromatic carbocycles. The SMILES string of the molecule is COc1cccc(C2N(Cc3ccc(N(CCCl)CCCl)cc3Cl)CCCN2Cc2ccc(N(CCCl)CCCl)cc2Cl)c1O. The number of alkyl halides is 4. The Morgan fingerprint density at radius 2 is 1.20 bits per heavy atom. The molecule has 4 rings (SSSR count). The van der Waals surface area contributed by atoms with Crippen molar-refractivity contribution in [2.24, 2.45) is 0 Å². The fourth-order valence-corrected chi connectivity index (χ4v) is 7.18. The van der Waals surface area contributed by atoms with E-state index in [2.05, 4.69) is 43.9 Å². The number of rotatable bonds is 16. The molecule has 0 unspecified atom stereocenters. The Bertz CT molecular complexity index is 1300. The summed E-state index contributed by atoms with van der Waals surface area (Å²) < 4.78 is 5.50. The second kappa shape index (κ2) is 18.2. The number of para-hydroxylation sites is 1. The average molecular weight is 737 g/mol. The Morgan fingerprint density at radius 3 is 1.60 bits per heavy atom. The first kappa shape index (κ1) is 36.4. The van der Waals surface area contributed by atoms with E-state index in [0.29, 0.717) is 78.6 Å². The molecule has 0 bridgehead atoms. The smallest absolute Gasteiger partial charge is 0.163 e. The topological polar surface area (TPSA) is 42.4 Å². The van der Waals surface area contributed by atoms with E-state index >= 15 is 0 Å². The van der Waals surface area contributed by atoms with Gasteiger partial charge in [-0.1, -0.05) is 47.5 Å². The van der Waals surface area contributed by atoms with E-state index in [-0.39, 0.29) is 11.9 Å². The van der Waals surface area contributed by atoms with E-state index < -0.39 is 0 Å². The van der Waals surface area contributed by atoms with Crippen molar-refractivity contribution in [2.45, 2.75) is 25.7 Å². The Hall–Kier alpha value is -1.48. The van der Waals surface area contributed by atoms with Gasteiger partial charge in [-0.3, -0.25) is 9.80 Å². The maximum Gasteiger partial charge on any atom is 0.163 e. The number of phenolic OH excluding ortho intramolecular Hbond substituents is 1. The maximum atomic E-state index is 11.3. The first-order valence-corrected chi connectivity index (χ1v) is 17.9. The van der Waals surface area contributed by atoms with E-state index in [1.165, 1.54) is 0 Å². The van der Waals surface area contributed by atoms with Crippen molar-refractivity contribution in [3.63, 3.8) is 0 Å². The highest BCUT2D eigenvalue weighted by molar-refractivity contribution is 6.32. The molecule has 0 amide bonds. The third-order valence-corrected chi connectivity index (χ3v) is 9.46. The number of halogens is 6. The van der Waals surface area contributed by atoms with Gasteiger partial charge in [0.2, 0.25) is 0 Å². The van der Waals surface area contributed by atoms with E-state index in [9.17, 15) is 5.11 Å². The number of methoxy groups -OCH3 is 1. The monoisotopic (exact) mass is 734 g/mol. The minimum atomic E-state index is -0.256. The van der Waals surface area contributed by atoms with Crippen LogP contribution >= 0.6 is 69.6 Å². The van der Waals surface area contributed by atoms with Gasteiger partial charge in [-0.2, -0.15) is 0 Å². The van der Waals surface area contributed by atoms with Crippen LogP contribution in [0.5, 0.6) is 11.5 Å². The molecule has 45 heavy (non-hydrogen) atoms. The molecule has 0 aliphatic carbocycles. The van der Waals surface area contributed by atoms with Crippen LogP contribution in [-0.2, 0) is 13.1 Å². The Morgan fingerprint density at radius 1 is 0.733 bits per heavy atom. The number of nitrogens with zero attached hydrogens (tertiary/aromatic N) is 4. The first-order valence-electron chi connectivity index (χ1n) is 15.0. The molecule has 1 N–H and O–H groups in total. The van der Waals surface area contributed by atoms with Crippen molar-refractivity contribution in [2.75, 3.05) is 79.7 Å². The highest BCUT2D eigenvalue weighted by Crippen LogP contribution is 2.41. The van der Waals surface area contributed by atoms with Gasteiger partial charge in [0.05, 0.1) is 13.3 Å². The van der Waals surface area contributed by atoms with Crippen LogP contribution in [0, 0.1) is 0 Å². The molecular formula is C33H40Cl6N4O2. The molecule has 246 valence electrons. The Labute approximate surface area is 297 Å². The molecule has 1 aliphatic rings. The van der Waals surface area contributed by atoms with Crippen molar-refractivity contribution in [3.8, 4) is 11.5 Å². The molecular weight excluding hydrogens is 697 g/mol. The van der Waals surface area contributed by atoms with Gasteiger partial charge in [0.15, 0.2) is 11.5 Å². The van der Waals surface area contributed by atoms with Crippen molar-refractivity contribution in [3.05, 3.63) is 81.3 Å². The summed E-state index contributed by atoms with van der Waals surface area (Å²) in [6, 6.07) is 17.9. The quantitative estimate of drug-likeness (QED) is 0.149. The Kier molecular flexibility index (Phi) is 14.7. The summed E-state index contributed by atoms with van der Waals surface area (Å²) in [7, 11) is 1.56. The predicted molar refractivity (Wildman–Crippen MR) is 193 cm³/mol. The standard InChI is InChI=1S/C33H40Cl6N4O2/c1-45-31-5-2-4-28(32(31)44)33-42(22-24-6-8-26(20-29(24)38)40(16-10-34)17-11-35)14-3-15-43(33)23-25-7-9-27(21-30(25)39)41(18-12-36)19-13-37/h2,4-9,20-21,33,44H,3,10-19,22-23H2,1H3. The summed E-state index contributed by atoms with van der Waals surface area (Å²) in [5.74, 6) is 2.55. The van der Waals surface area contributed by atoms with Crippen molar-refractivity contribution < 1.29 is 9.84 Å². The van der Waals surface area contributed by atoms with E-state index in [1.54, 1.807) is 13.2 Å². The molecule has 0 spiro atoms. The van der Waals surface area contributed by atoms with Crippen LogP contribution in [0.15, 0.2) is 54.6 Å². The number of hydrogen-bond acceptors (Lipinski definition) is 6. The summed E-state index contributed by atoms with van der Waals surface area (Å²) in [4.78, 5) is 8.96. The zero-order valence-electron chi connectivity index (χ0n) is 25.4. The number of hydrogen-bond donors (Lipinski definition) is 1. The molecule has 1 saturated heterocycles. The van der Waals surface area contributed by atoms with Crippen molar-refractivity contribution in [1.29, 1.82) is 0 Å². The van der Waals surface area contributed by atoms with Crippen LogP contribution < -0.4 is 14.5 Å². The van der Waals surface area contributed by atoms with Gasteiger partial charge < -0.3 is 19.6 Å². The summed E-state index contributed by atoms with van der Waals surface area (Å²) in [6.45, 7) is 5.54. The zero-order chi connectivity index (χ0) is 32.3. The van der Waals surface area contributed by atoms with Crippen LogP contribution in [0.4, 0.5) is 11.4 Å². The lowest BCUT2D eigenvalue weighted by Crippen LogP contribution is -2.47. The molecule has 1 heterocycles. The number of phenols is 1. The van der Waals surface area contributed by atoms with Crippen molar-refractivity contribution >= 4 is 81.0 Å². The van der Waals surface area contributed by atoms with Gasteiger partial charge in [0, 0.05) is 103 Å². The second-order valence-corrected chi connectivity index (χ2v) is 13.2. The number of ether oxygens (including phenoxy) is 1. The molecule has 1 fully saturated rings. The van der Waals surface area contributed by atoms with Gasteiger partial charge in [-0.15, -0.1) is 46.4 Å². The second-order valence-electron chi connectivity index (χ2n) is 10.8. The van der Waals surface area contributed by atoms with E-state index in [0.717, 1.165) is 47.6 Å². The molecule has 1 aliphatic heterocycles. The predicted octanol–water partition coefficient (Wildman–Crippen LogP) is 8.68. The summed E-state index contributed by atoms with van der Waals surface area (Å²) in [5, 5.41) is 12.7. The highest BCUT2D eigenvalue weighted by Gasteiger charge is 2.34. The van der Waals surface area contributed by atoms with Crippen molar-refractivity contribution in [1.82, 2.24) is 9.80 Å². The van der Waals surface area contributed by atoms with Gasteiger partial charge in [0.1, 0.15) is 0 Å². The molecule has 0 atom stereocenters. The molecule has 0 radical (unpaired) electrons. The maximum absolute atomic E-state index is 11.3. The largest absolute Gasteiger partial charge is 0.504 e. The number of benzene rings is 3. The number of aromatic hydroxyl groups is 1. The highest BCUT2D eigenvalue weighted by atomic mass is 35.5. The Balaban J connectivity index is 1.66. The summed E-state index contributed by atoms with van der Waals surface area (Å²) >= 11 is 38.0. The molecule has 0 aromatic heterocycles. The van der Waals surface area contributed by atoms with E-state index in [1.807, 2.05) is 24.3 Å². The summed E-state index contributed by atoms with van der Waals surface area (Å²) in [5.41, 5.74) is 4.72. The van der Waals surface area contributed by atoms with Crippen LogP contribution in [0.25, 0.3) is 0 Å². The fraction of sp³-hybridized carbons (Fsp3) is 0.455. The third-order valence-electron chi connectivity index (χ3n) is 8.08. The van der Waals surface area contributed by atoms with Gasteiger partial charge in [-0.05, 0) is 47.9 Å². The normalized spacial score (nSPS) is 14.6. The summed E-state index contributed by atoms with van der Waals surface area (Å²) in [6.07, 6.45) is 0.679. The fourth-order valence-electron chi connectivity index (χ4n) is 5.90. The molecule has 3 aromatic rings. The molecule has 12 heteroatoms. The lowest BCUT2D eigenvalue weighted by molar-refractivity contribution is -0.0104. The lowest BCUT2D eigenvalue weighted by Gasteiger charge is -2.44. The minimum absolute atomic E-state index is 0.125. The van der Waals surface area contributed by atoms with E-state index in [4.69, 9.17) is 74.3 Å².